The number of hydrogen-bond acceptors (Lipinski definition) is 3. The molecule has 1 aliphatic heterocycles. The highest BCUT2D eigenvalue weighted by Gasteiger charge is 2.22. The lowest BCUT2D eigenvalue weighted by molar-refractivity contribution is 0.297. The molecule has 0 saturated carbocycles. The van der Waals surface area contributed by atoms with E-state index in [0.29, 0.717) is 0 Å². The third-order valence-corrected chi connectivity index (χ3v) is 4.93. The quantitative estimate of drug-likeness (QED) is 0.582. The van der Waals surface area contributed by atoms with E-state index in [4.69, 9.17) is 16.3 Å². The Hall–Kier alpha value is -2.98. The minimum atomic E-state index is 0.0363. The number of benzene rings is 2. The standard InChI is InChI=1S/C23H22ClN3O/c1-17-4-3-5-21(12-17)28-22-10-11-27(15-18-6-8-20(24)9-7-18)23(13-22)19-14-25-26(2)16-19/h3-14,16,23H,15H2,1-2H3. The number of allylic oxidation sites excluding steroid dienone is 1. The topological polar surface area (TPSA) is 30.3 Å². The first-order chi connectivity index (χ1) is 13.6. The molecule has 1 unspecified atom stereocenters. The number of hydrogen-bond donors (Lipinski definition) is 0. The van der Waals surface area contributed by atoms with Gasteiger partial charge in [-0.05, 0) is 54.5 Å². The summed E-state index contributed by atoms with van der Waals surface area (Å²) < 4.78 is 7.93. The second-order valence-electron chi connectivity index (χ2n) is 6.99. The number of ether oxygens (including phenoxy) is 1. The lowest BCUT2D eigenvalue weighted by Crippen LogP contribution is -2.25. The normalized spacial score (nSPS) is 16.2. The maximum absolute atomic E-state index is 6.11. The van der Waals surface area contributed by atoms with Crippen molar-refractivity contribution in [1.82, 2.24) is 14.7 Å². The summed E-state index contributed by atoms with van der Waals surface area (Å²) in [6.45, 7) is 2.83. The molecule has 0 fully saturated rings. The van der Waals surface area contributed by atoms with Crippen molar-refractivity contribution in [2.45, 2.75) is 19.5 Å². The van der Waals surface area contributed by atoms with Gasteiger partial charge in [0.05, 0.1) is 12.2 Å². The number of halogens is 1. The predicted molar refractivity (Wildman–Crippen MR) is 112 cm³/mol. The second-order valence-corrected chi connectivity index (χ2v) is 7.43. The summed E-state index contributed by atoms with van der Waals surface area (Å²) in [7, 11) is 1.93. The van der Waals surface area contributed by atoms with Crippen LogP contribution in [0.1, 0.15) is 22.7 Å². The fourth-order valence-electron chi connectivity index (χ4n) is 3.28. The molecule has 1 atom stereocenters. The fourth-order valence-corrected chi connectivity index (χ4v) is 3.41. The van der Waals surface area contributed by atoms with Crippen molar-refractivity contribution in [3.05, 3.63) is 107 Å². The molecular weight excluding hydrogens is 370 g/mol. The zero-order valence-corrected chi connectivity index (χ0v) is 16.7. The Morgan fingerprint density at radius 1 is 1.14 bits per heavy atom. The summed E-state index contributed by atoms with van der Waals surface area (Å²) in [5.74, 6) is 1.67. The minimum Gasteiger partial charge on any atom is -0.458 e. The van der Waals surface area contributed by atoms with Crippen molar-refractivity contribution >= 4 is 11.6 Å². The van der Waals surface area contributed by atoms with E-state index in [-0.39, 0.29) is 6.04 Å². The number of aromatic nitrogens is 2. The van der Waals surface area contributed by atoms with Crippen LogP contribution in [0.25, 0.3) is 0 Å². The monoisotopic (exact) mass is 391 g/mol. The molecule has 142 valence electrons. The van der Waals surface area contributed by atoms with Gasteiger partial charge in [0.1, 0.15) is 11.5 Å². The summed E-state index contributed by atoms with van der Waals surface area (Å²) in [4.78, 5) is 2.27. The molecule has 28 heavy (non-hydrogen) atoms. The summed E-state index contributed by atoms with van der Waals surface area (Å²) in [5, 5.41) is 5.09. The van der Waals surface area contributed by atoms with E-state index in [9.17, 15) is 0 Å². The first-order valence-corrected chi connectivity index (χ1v) is 9.58. The Morgan fingerprint density at radius 3 is 2.68 bits per heavy atom. The minimum absolute atomic E-state index is 0.0363. The van der Waals surface area contributed by atoms with Crippen LogP contribution in [0.3, 0.4) is 0 Å². The fraction of sp³-hybridized carbons (Fsp3) is 0.174. The van der Waals surface area contributed by atoms with Crippen LogP contribution in [0.15, 0.2) is 85.0 Å². The molecule has 5 heteroatoms. The highest BCUT2D eigenvalue weighted by Crippen LogP contribution is 2.30. The van der Waals surface area contributed by atoms with E-state index in [1.807, 2.05) is 60.5 Å². The SMILES string of the molecule is Cc1cccc(OC2=CC(c3cnn(C)c3)N(Cc3ccc(Cl)cc3)C=C2)c1. The Balaban J connectivity index is 1.60. The van der Waals surface area contributed by atoms with E-state index >= 15 is 0 Å². The first-order valence-electron chi connectivity index (χ1n) is 9.20. The average Bonchev–Trinajstić information content (AvgIpc) is 3.11. The van der Waals surface area contributed by atoms with E-state index < -0.39 is 0 Å². The molecule has 3 aromatic rings. The summed E-state index contributed by atoms with van der Waals surface area (Å²) in [6, 6.07) is 16.1. The molecule has 0 bridgehead atoms. The molecule has 4 rings (SSSR count). The maximum Gasteiger partial charge on any atom is 0.127 e. The zero-order valence-electron chi connectivity index (χ0n) is 15.9. The van der Waals surface area contributed by atoms with Gasteiger partial charge in [0, 0.05) is 36.6 Å². The third kappa shape index (κ3) is 4.29. The lowest BCUT2D eigenvalue weighted by atomic mass is 10.0. The van der Waals surface area contributed by atoms with Gasteiger partial charge in [-0.15, -0.1) is 0 Å². The lowest BCUT2D eigenvalue weighted by Gasteiger charge is -2.31. The predicted octanol–water partition coefficient (Wildman–Crippen LogP) is 5.42. The molecule has 0 radical (unpaired) electrons. The highest BCUT2D eigenvalue weighted by molar-refractivity contribution is 6.30. The van der Waals surface area contributed by atoms with Crippen molar-refractivity contribution in [2.75, 3.05) is 0 Å². The van der Waals surface area contributed by atoms with Gasteiger partial charge >= 0.3 is 0 Å². The molecule has 2 aromatic carbocycles. The molecular formula is C23H22ClN3O. The molecule has 4 nitrogen and oxygen atoms in total. The van der Waals surface area contributed by atoms with Gasteiger partial charge in [-0.2, -0.15) is 5.10 Å². The van der Waals surface area contributed by atoms with Crippen molar-refractivity contribution in [2.24, 2.45) is 7.05 Å². The van der Waals surface area contributed by atoms with Crippen LogP contribution >= 0.6 is 11.6 Å². The summed E-state index contributed by atoms with van der Waals surface area (Å²) >= 11 is 6.02. The number of nitrogens with zero attached hydrogens (tertiary/aromatic N) is 3. The third-order valence-electron chi connectivity index (χ3n) is 4.68. The van der Waals surface area contributed by atoms with Crippen LogP contribution in [0.2, 0.25) is 5.02 Å². The van der Waals surface area contributed by atoms with Gasteiger partial charge < -0.3 is 9.64 Å². The Morgan fingerprint density at radius 2 is 1.96 bits per heavy atom. The smallest absolute Gasteiger partial charge is 0.127 e. The molecule has 0 saturated heterocycles. The number of rotatable bonds is 5. The summed E-state index contributed by atoms with van der Waals surface area (Å²) in [6.07, 6.45) is 10.2. The Kier molecular flexibility index (Phi) is 5.22. The van der Waals surface area contributed by atoms with Crippen molar-refractivity contribution in [3.8, 4) is 5.75 Å². The second kappa shape index (κ2) is 7.95. The van der Waals surface area contributed by atoms with Crippen LogP contribution in [0, 0.1) is 6.92 Å². The Labute approximate surface area is 170 Å². The maximum atomic E-state index is 6.11. The van der Waals surface area contributed by atoms with Crippen LogP contribution < -0.4 is 4.74 Å². The van der Waals surface area contributed by atoms with Crippen molar-refractivity contribution in [3.63, 3.8) is 0 Å². The molecule has 1 aromatic heterocycles. The average molecular weight is 392 g/mol. The van der Waals surface area contributed by atoms with E-state index in [1.54, 1.807) is 0 Å². The van der Waals surface area contributed by atoms with Gasteiger partial charge in [-0.1, -0.05) is 35.9 Å². The van der Waals surface area contributed by atoms with Gasteiger partial charge in [-0.25, -0.2) is 0 Å². The van der Waals surface area contributed by atoms with E-state index in [1.165, 1.54) is 11.1 Å². The molecule has 2 heterocycles. The first kappa shape index (κ1) is 18.4. The van der Waals surface area contributed by atoms with Crippen LogP contribution in [-0.4, -0.2) is 14.7 Å². The van der Waals surface area contributed by atoms with E-state index in [2.05, 4.69) is 47.4 Å². The molecule has 0 aliphatic carbocycles. The molecule has 0 spiro atoms. The van der Waals surface area contributed by atoms with Gasteiger partial charge in [0.2, 0.25) is 0 Å². The van der Waals surface area contributed by atoms with Gasteiger partial charge in [-0.3, -0.25) is 4.68 Å². The molecule has 1 aliphatic rings. The van der Waals surface area contributed by atoms with E-state index in [0.717, 1.165) is 28.6 Å². The highest BCUT2D eigenvalue weighted by atomic mass is 35.5. The van der Waals surface area contributed by atoms with Crippen molar-refractivity contribution < 1.29 is 4.74 Å². The van der Waals surface area contributed by atoms with Crippen LogP contribution in [-0.2, 0) is 13.6 Å². The molecule has 0 N–H and O–H groups in total. The largest absolute Gasteiger partial charge is 0.458 e. The number of aryl methyl sites for hydroxylation is 2. The van der Waals surface area contributed by atoms with Crippen molar-refractivity contribution in [1.29, 1.82) is 0 Å². The van der Waals surface area contributed by atoms with Crippen LogP contribution in [0.4, 0.5) is 0 Å². The van der Waals surface area contributed by atoms with Gasteiger partial charge in [0.15, 0.2) is 0 Å². The summed E-state index contributed by atoms with van der Waals surface area (Å²) in [5.41, 5.74) is 3.48. The zero-order chi connectivity index (χ0) is 19.5. The van der Waals surface area contributed by atoms with Gasteiger partial charge in [0.25, 0.3) is 0 Å². The van der Waals surface area contributed by atoms with Crippen LogP contribution in [0.5, 0.6) is 5.75 Å². The Bertz CT molecular complexity index is 1020. The molecule has 0 amide bonds.